The van der Waals surface area contributed by atoms with E-state index in [1.165, 1.54) is 12.1 Å². The molecule has 0 aliphatic rings. The van der Waals surface area contributed by atoms with Crippen LogP contribution in [0.2, 0.25) is 10.0 Å². The van der Waals surface area contributed by atoms with Gasteiger partial charge in [0.2, 0.25) is 0 Å². The van der Waals surface area contributed by atoms with Crippen LogP contribution in [-0.4, -0.2) is 4.92 Å². The summed E-state index contributed by atoms with van der Waals surface area (Å²) in [6, 6.07) is 2.50. The summed E-state index contributed by atoms with van der Waals surface area (Å²) in [7, 11) is 0. The van der Waals surface area contributed by atoms with Gasteiger partial charge in [0.05, 0.1) is 15.0 Å². The molecule has 64 valence electrons. The van der Waals surface area contributed by atoms with Crippen LogP contribution in [0, 0.1) is 10.1 Å². The van der Waals surface area contributed by atoms with Crippen molar-refractivity contribution in [2.45, 2.75) is 0 Å². The average Bonchev–Trinajstić information content (AvgIpc) is 1.99. The van der Waals surface area contributed by atoms with Crippen LogP contribution in [0.15, 0.2) is 16.6 Å². The summed E-state index contributed by atoms with van der Waals surface area (Å²) >= 11 is 14.3. The van der Waals surface area contributed by atoms with Crippen molar-refractivity contribution < 1.29 is 4.92 Å². The van der Waals surface area contributed by atoms with Gasteiger partial charge >= 0.3 is 0 Å². The lowest BCUT2D eigenvalue weighted by atomic mass is 10.3. The van der Waals surface area contributed by atoms with Crippen molar-refractivity contribution in [1.82, 2.24) is 0 Å². The van der Waals surface area contributed by atoms with Gasteiger partial charge in [-0.25, -0.2) is 0 Å². The molecule has 0 aromatic heterocycles. The first-order valence-corrected chi connectivity index (χ1v) is 4.36. The molecular weight excluding hydrogens is 269 g/mol. The summed E-state index contributed by atoms with van der Waals surface area (Å²) in [4.78, 5) is 9.76. The number of benzene rings is 1. The fourth-order valence-electron chi connectivity index (χ4n) is 0.648. The molecule has 12 heavy (non-hydrogen) atoms. The maximum Gasteiger partial charge on any atom is 0.272 e. The molecule has 0 radical (unpaired) electrons. The Kier molecular flexibility index (Phi) is 2.93. The van der Waals surface area contributed by atoms with Crippen molar-refractivity contribution in [1.29, 1.82) is 0 Å². The third-order valence-corrected chi connectivity index (χ3v) is 2.84. The predicted molar refractivity (Wildman–Crippen MR) is 50.8 cm³/mol. The van der Waals surface area contributed by atoms with Gasteiger partial charge in [0, 0.05) is 16.6 Å². The number of rotatable bonds is 1. The van der Waals surface area contributed by atoms with Crippen molar-refractivity contribution in [3.63, 3.8) is 0 Å². The van der Waals surface area contributed by atoms with Crippen molar-refractivity contribution >= 4 is 44.8 Å². The van der Waals surface area contributed by atoms with E-state index < -0.39 is 4.92 Å². The minimum absolute atomic E-state index is 0.0868. The highest BCUT2D eigenvalue weighted by atomic mass is 79.9. The first-order chi connectivity index (χ1) is 5.52. The second kappa shape index (κ2) is 3.60. The highest BCUT2D eigenvalue weighted by molar-refractivity contribution is 9.10. The van der Waals surface area contributed by atoms with Crippen molar-refractivity contribution in [3.8, 4) is 0 Å². The zero-order chi connectivity index (χ0) is 9.30. The first kappa shape index (κ1) is 9.77. The van der Waals surface area contributed by atoms with Crippen molar-refractivity contribution in [2.75, 3.05) is 0 Å². The van der Waals surface area contributed by atoms with E-state index in [1.807, 2.05) is 0 Å². The largest absolute Gasteiger partial charge is 0.272 e. The minimum Gasteiger partial charge on any atom is -0.258 e. The van der Waals surface area contributed by atoms with Gasteiger partial charge in [0.15, 0.2) is 0 Å². The summed E-state index contributed by atoms with van der Waals surface area (Å²) in [5.74, 6) is 0. The molecule has 0 bridgehead atoms. The van der Waals surface area contributed by atoms with Gasteiger partial charge in [-0.05, 0) is 15.9 Å². The molecule has 0 heterocycles. The summed E-state index contributed by atoms with van der Waals surface area (Å²) in [6.07, 6.45) is 0. The van der Waals surface area contributed by atoms with Crippen LogP contribution in [0.25, 0.3) is 0 Å². The molecule has 0 spiro atoms. The zero-order valence-electron chi connectivity index (χ0n) is 5.55. The highest BCUT2D eigenvalue weighted by Gasteiger charge is 2.12. The standard InChI is InChI=1S/C6H2BrCl2NO2/c7-4-1-3(10(11)12)2-5(8)6(4)9/h1-2H. The van der Waals surface area contributed by atoms with Gasteiger partial charge < -0.3 is 0 Å². The lowest BCUT2D eigenvalue weighted by Gasteiger charge is -1.98. The Morgan fingerprint density at radius 2 is 2.00 bits per heavy atom. The van der Waals surface area contributed by atoms with Gasteiger partial charge in [-0.15, -0.1) is 0 Å². The van der Waals surface area contributed by atoms with E-state index in [-0.39, 0.29) is 15.7 Å². The molecule has 0 unspecified atom stereocenters. The maximum absolute atomic E-state index is 10.3. The Morgan fingerprint density at radius 1 is 1.42 bits per heavy atom. The molecule has 1 rings (SSSR count). The third-order valence-electron chi connectivity index (χ3n) is 1.18. The molecule has 0 aliphatic carbocycles. The molecule has 0 aliphatic heterocycles. The molecular formula is C6H2BrCl2NO2. The van der Waals surface area contributed by atoms with Gasteiger partial charge in [0.1, 0.15) is 0 Å². The quantitative estimate of drug-likeness (QED) is 0.444. The molecule has 1 aromatic rings. The second-order valence-corrected chi connectivity index (χ2v) is 3.62. The lowest BCUT2D eigenvalue weighted by Crippen LogP contribution is -1.87. The number of nitrogens with zero attached hydrogens (tertiary/aromatic N) is 1. The number of nitro groups is 1. The number of hydrogen-bond donors (Lipinski definition) is 0. The number of hydrogen-bond acceptors (Lipinski definition) is 2. The summed E-state index contributed by atoms with van der Waals surface area (Å²) in [5.41, 5.74) is -0.0868. The Balaban J connectivity index is 3.31. The van der Waals surface area contributed by atoms with Crippen LogP contribution in [0.1, 0.15) is 0 Å². The van der Waals surface area contributed by atoms with Crippen LogP contribution >= 0.6 is 39.1 Å². The molecule has 0 N–H and O–H groups in total. The van der Waals surface area contributed by atoms with E-state index in [0.29, 0.717) is 4.47 Å². The van der Waals surface area contributed by atoms with Crippen LogP contribution in [0.5, 0.6) is 0 Å². The van der Waals surface area contributed by atoms with Gasteiger partial charge in [-0.2, -0.15) is 0 Å². The van der Waals surface area contributed by atoms with Crippen LogP contribution in [-0.2, 0) is 0 Å². The molecule has 0 amide bonds. The van der Waals surface area contributed by atoms with Crippen LogP contribution in [0.3, 0.4) is 0 Å². The molecule has 1 aromatic carbocycles. The molecule has 0 saturated heterocycles. The Hall–Kier alpha value is -0.320. The number of halogens is 3. The fourth-order valence-corrected chi connectivity index (χ4v) is 1.53. The minimum atomic E-state index is -0.535. The lowest BCUT2D eigenvalue weighted by molar-refractivity contribution is -0.384. The fraction of sp³-hybridized carbons (Fsp3) is 0. The first-order valence-electron chi connectivity index (χ1n) is 2.81. The van der Waals surface area contributed by atoms with E-state index in [0.717, 1.165) is 0 Å². The zero-order valence-corrected chi connectivity index (χ0v) is 8.65. The number of nitro benzene ring substituents is 1. The van der Waals surface area contributed by atoms with Gasteiger partial charge in [-0.1, -0.05) is 23.2 Å². The van der Waals surface area contributed by atoms with Crippen molar-refractivity contribution in [2.24, 2.45) is 0 Å². The van der Waals surface area contributed by atoms with E-state index in [4.69, 9.17) is 23.2 Å². The second-order valence-electron chi connectivity index (χ2n) is 1.98. The maximum atomic E-state index is 10.3. The Morgan fingerprint density at radius 3 is 2.42 bits per heavy atom. The summed E-state index contributed by atoms with van der Waals surface area (Å²) in [5, 5.41) is 10.7. The summed E-state index contributed by atoms with van der Waals surface area (Å²) < 4.78 is 0.420. The highest BCUT2D eigenvalue weighted by Crippen LogP contribution is 2.33. The topological polar surface area (TPSA) is 43.1 Å². The number of non-ortho nitro benzene ring substituents is 1. The van der Waals surface area contributed by atoms with Crippen LogP contribution < -0.4 is 0 Å². The molecule has 6 heteroatoms. The van der Waals surface area contributed by atoms with E-state index >= 15 is 0 Å². The molecule has 0 atom stereocenters. The van der Waals surface area contributed by atoms with Crippen molar-refractivity contribution in [3.05, 3.63) is 36.8 Å². The van der Waals surface area contributed by atoms with E-state index in [9.17, 15) is 10.1 Å². The third kappa shape index (κ3) is 1.88. The van der Waals surface area contributed by atoms with Crippen LogP contribution in [0.4, 0.5) is 5.69 Å². The summed E-state index contributed by atoms with van der Waals surface area (Å²) in [6.45, 7) is 0. The van der Waals surface area contributed by atoms with E-state index in [2.05, 4.69) is 15.9 Å². The molecule has 0 fully saturated rings. The van der Waals surface area contributed by atoms with E-state index in [1.54, 1.807) is 0 Å². The SMILES string of the molecule is O=[N+]([O-])c1cc(Cl)c(Cl)c(Br)c1. The van der Waals surface area contributed by atoms with Gasteiger partial charge in [-0.3, -0.25) is 10.1 Å². The smallest absolute Gasteiger partial charge is 0.258 e. The average molecular weight is 271 g/mol. The molecule has 0 saturated carbocycles. The normalized spacial score (nSPS) is 9.92. The molecule has 3 nitrogen and oxygen atoms in total. The Bertz CT molecular complexity index is 319. The Labute approximate surface area is 86.6 Å². The monoisotopic (exact) mass is 269 g/mol. The van der Waals surface area contributed by atoms with Gasteiger partial charge in [0.25, 0.3) is 5.69 Å². The predicted octanol–water partition coefficient (Wildman–Crippen LogP) is 3.66.